The van der Waals surface area contributed by atoms with Crippen LogP contribution in [0.5, 0.6) is 0 Å². The number of halogens is 2. The Kier molecular flexibility index (Phi) is 4.27. The lowest BCUT2D eigenvalue weighted by Crippen LogP contribution is -2.34. The van der Waals surface area contributed by atoms with Gasteiger partial charge in [-0.25, -0.2) is 8.78 Å². The smallest absolute Gasteiger partial charge is 0.168 e. The highest BCUT2D eigenvalue weighted by molar-refractivity contribution is 5.29. The van der Waals surface area contributed by atoms with E-state index in [9.17, 15) is 8.78 Å². The minimum atomic E-state index is -0.481. The maximum atomic E-state index is 14.3. The fraction of sp³-hybridized carbons (Fsp3) is 0.647. The van der Waals surface area contributed by atoms with Crippen LogP contribution in [0.25, 0.3) is 0 Å². The molecule has 1 aliphatic heterocycles. The van der Waals surface area contributed by atoms with Crippen LogP contribution in [-0.2, 0) is 15.9 Å². The van der Waals surface area contributed by atoms with E-state index in [0.717, 1.165) is 12.0 Å². The molecule has 1 heterocycles. The van der Waals surface area contributed by atoms with Crippen molar-refractivity contribution in [2.24, 2.45) is 0 Å². The highest BCUT2D eigenvalue weighted by Gasteiger charge is 2.41. The molecule has 1 aromatic rings. The Morgan fingerprint density at radius 3 is 2.19 bits per heavy atom. The second-order valence-electron chi connectivity index (χ2n) is 6.11. The molecule has 21 heavy (non-hydrogen) atoms. The van der Waals surface area contributed by atoms with Gasteiger partial charge in [-0.05, 0) is 42.9 Å². The van der Waals surface area contributed by atoms with Gasteiger partial charge in [-0.15, -0.1) is 0 Å². The van der Waals surface area contributed by atoms with Gasteiger partial charge in [-0.1, -0.05) is 13.3 Å². The molecule has 0 atom stereocenters. The van der Waals surface area contributed by atoms with Crippen LogP contribution in [0, 0.1) is 11.6 Å². The first-order chi connectivity index (χ1) is 10.1. The molecule has 0 unspecified atom stereocenters. The van der Waals surface area contributed by atoms with Crippen molar-refractivity contribution in [3.63, 3.8) is 0 Å². The lowest BCUT2D eigenvalue weighted by molar-refractivity contribution is -0.179. The van der Waals surface area contributed by atoms with Crippen LogP contribution in [0.2, 0.25) is 0 Å². The van der Waals surface area contributed by atoms with Gasteiger partial charge >= 0.3 is 0 Å². The van der Waals surface area contributed by atoms with E-state index in [1.165, 1.54) is 12.1 Å². The second-order valence-corrected chi connectivity index (χ2v) is 6.11. The molecule has 4 heteroatoms. The Hall–Kier alpha value is -1.00. The van der Waals surface area contributed by atoms with E-state index in [1.807, 2.05) is 6.92 Å². The average Bonchev–Trinajstić information content (AvgIpc) is 2.89. The summed E-state index contributed by atoms with van der Waals surface area (Å²) in [4.78, 5) is 0. The molecule has 1 saturated carbocycles. The van der Waals surface area contributed by atoms with Crippen LogP contribution in [0.4, 0.5) is 8.78 Å². The quantitative estimate of drug-likeness (QED) is 0.827. The standard InChI is InChI=1S/C17H22F2O2/c1-2-3-12-10-14(18)16(15(19)11-12)13-4-6-17(7-5-13)20-8-9-21-17/h10-11,13H,2-9H2,1H3. The highest BCUT2D eigenvalue weighted by atomic mass is 19.1. The lowest BCUT2D eigenvalue weighted by atomic mass is 9.80. The van der Waals surface area contributed by atoms with Gasteiger partial charge in [0.2, 0.25) is 0 Å². The fourth-order valence-corrected chi connectivity index (χ4v) is 3.59. The van der Waals surface area contributed by atoms with E-state index >= 15 is 0 Å². The van der Waals surface area contributed by atoms with Crippen LogP contribution < -0.4 is 0 Å². The number of hydrogen-bond donors (Lipinski definition) is 0. The summed E-state index contributed by atoms with van der Waals surface area (Å²) in [5, 5.41) is 0. The third kappa shape index (κ3) is 2.97. The minimum absolute atomic E-state index is 0.0703. The molecule has 2 aliphatic rings. The Labute approximate surface area is 124 Å². The topological polar surface area (TPSA) is 18.5 Å². The van der Waals surface area contributed by atoms with E-state index in [2.05, 4.69) is 0 Å². The largest absolute Gasteiger partial charge is 0.348 e. The van der Waals surface area contributed by atoms with Crippen LogP contribution in [-0.4, -0.2) is 19.0 Å². The summed E-state index contributed by atoms with van der Waals surface area (Å²) in [5.41, 5.74) is 0.994. The van der Waals surface area contributed by atoms with Gasteiger partial charge in [0.15, 0.2) is 5.79 Å². The number of hydrogen-bond acceptors (Lipinski definition) is 2. The van der Waals surface area contributed by atoms with Gasteiger partial charge in [0.05, 0.1) is 13.2 Å². The molecule has 2 nitrogen and oxygen atoms in total. The maximum Gasteiger partial charge on any atom is 0.168 e. The van der Waals surface area contributed by atoms with Gasteiger partial charge in [0.1, 0.15) is 11.6 Å². The minimum Gasteiger partial charge on any atom is -0.348 e. The summed E-state index contributed by atoms with van der Waals surface area (Å²) in [6.07, 6.45) is 4.45. The first-order valence-corrected chi connectivity index (χ1v) is 7.89. The van der Waals surface area contributed by atoms with Crippen LogP contribution in [0.15, 0.2) is 12.1 Å². The van der Waals surface area contributed by atoms with Crippen molar-refractivity contribution >= 4 is 0 Å². The molecular weight excluding hydrogens is 274 g/mol. The highest BCUT2D eigenvalue weighted by Crippen LogP contribution is 2.43. The molecule has 1 aliphatic carbocycles. The van der Waals surface area contributed by atoms with Gasteiger partial charge in [-0.3, -0.25) is 0 Å². The molecule has 3 rings (SSSR count). The zero-order chi connectivity index (χ0) is 14.9. The predicted octanol–water partition coefficient (Wildman–Crippen LogP) is 4.32. The molecule has 116 valence electrons. The molecule has 1 aromatic carbocycles. The Bertz CT molecular complexity index is 477. The molecular formula is C17H22F2O2. The van der Waals surface area contributed by atoms with E-state index in [4.69, 9.17) is 9.47 Å². The zero-order valence-corrected chi connectivity index (χ0v) is 12.5. The number of benzene rings is 1. The first kappa shape index (κ1) is 14.9. The van der Waals surface area contributed by atoms with Gasteiger partial charge in [0, 0.05) is 18.4 Å². The van der Waals surface area contributed by atoms with Crippen molar-refractivity contribution in [2.45, 2.75) is 57.2 Å². The molecule has 0 N–H and O–H groups in total. The van der Waals surface area contributed by atoms with E-state index in [-0.39, 0.29) is 11.5 Å². The fourth-order valence-electron chi connectivity index (χ4n) is 3.59. The summed E-state index contributed by atoms with van der Waals surface area (Å²) in [5.74, 6) is -1.34. The number of rotatable bonds is 3. The Balaban J connectivity index is 1.75. The maximum absolute atomic E-state index is 14.3. The van der Waals surface area contributed by atoms with E-state index in [0.29, 0.717) is 45.3 Å². The number of aryl methyl sites for hydroxylation is 1. The van der Waals surface area contributed by atoms with Crippen LogP contribution in [0.3, 0.4) is 0 Å². The third-order valence-corrected chi connectivity index (χ3v) is 4.65. The molecule has 1 spiro atoms. The summed E-state index contributed by atoms with van der Waals surface area (Å²) < 4.78 is 39.9. The van der Waals surface area contributed by atoms with Crippen molar-refractivity contribution in [3.8, 4) is 0 Å². The second kappa shape index (κ2) is 6.01. The molecule has 1 saturated heterocycles. The average molecular weight is 296 g/mol. The normalized spacial score (nSPS) is 22.0. The van der Waals surface area contributed by atoms with E-state index < -0.39 is 17.4 Å². The Morgan fingerprint density at radius 2 is 1.67 bits per heavy atom. The van der Waals surface area contributed by atoms with Crippen LogP contribution in [0.1, 0.15) is 56.1 Å². The van der Waals surface area contributed by atoms with Gasteiger partial charge in [-0.2, -0.15) is 0 Å². The SMILES string of the molecule is CCCc1cc(F)c(C2CCC3(CC2)OCCO3)c(F)c1. The summed E-state index contributed by atoms with van der Waals surface area (Å²) in [7, 11) is 0. The first-order valence-electron chi connectivity index (χ1n) is 7.89. The van der Waals surface area contributed by atoms with Crippen LogP contribution >= 0.6 is 0 Å². The monoisotopic (exact) mass is 296 g/mol. The summed E-state index contributed by atoms with van der Waals surface area (Å²) >= 11 is 0. The van der Waals surface area contributed by atoms with Crippen molar-refractivity contribution in [3.05, 3.63) is 34.9 Å². The van der Waals surface area contributed by atoms with Gasteiger partial charge in [0.25, 0.3) is 0 Å². The zero-order valence-electron chi connectivity index (χ0n) is 12.5. The van der Waals surface area contributed by atoms with Crippen molar-refractivity contribution in [2.75, 3.05) is 13.2 Å². The molecule has 0 amide bonds. The van der Waals surface area contributed by atoms with E-state index in [1.54, 1.807) is 0 Å². The number of ether oxygens (including phenoxy) is 2. The molecule has 0 radical (unpaired) electrons. The Morgan fingerprint density at radius 1 is 1.10 bits per heavy atom. The summed E-state index contributed by atoms with van der Waals surface area (Å²) in [6.45, 7) is 3.25. The third-order valence-electron chi connectivity index (χ3n) is 4.65. The molecule has 2 fully saturated rings. The summed E-state index contributed by atoms with van der Waals surface area (Å²) in [6, 6.07) is 2.99. The van der Waals surface area contributed by atoms with Gasteiger partial charge < -0.3 is 9.47 Å². The predicted molar refractivity (Wildman–Crippen MR) is 76.2 cm³/mol. The lowest BCUT2D eigenvalue weighted by Gasteiger charge is -2.35. The van der Waals surface area contributed by atoms with Crippen molar-refractivity contribution < 1.29 is 18.3 Å². The molecule has 0 bridgehead atoms. The van der Waals surface area contributed by atoms with Crippen molar-refractivity contribution in [1.82, 2.24) is 0 Å². The van der Waals surface area contributed by atoms with Crippen molar-refractivity contribution in [1.29, 1.82) is 0 Å². The molecule has 0 aromatic heterocycles.